The zero-order valence-electron chi connectivity index (χ0n) is 8.49. The Morgan fingerprint density at radius 2 is 2.29 bits per heavy atom. The number of H-pyrrole nitrogens is 1. The summed E-state index contributed by atoms with van der Waals surface area (Å²) in [5, 5.41) is 19.6. The van der Waals surface area contributed by atoms with Crippen molar-refractivity contribution in [3.63, 3.8) is 0 Å². The number of hydrogen-bond donors (Lipinski definition) is 3. The first-order valence-corrected chi connectivity index (χ1v) is 5.00. The molecule has 1 aliphatic rings. The Labute approximate surface area is 82.9 Å². The lowest BCUT2D eigenvalue weighted by Gasteiger charge is -2.04. The van der Waals surface area contributed by atoms with Crippen LogP contribution in [-0.2, 0) is 0 Å². The Balaban J connectivity index is 2.09. The maximum Gasteiger partial charge on any atom is 0.153 e. The summed E-state index contributed by atoms with van der Waals surface area (Å²) in [6.07, 6.45) is 0.458. The van der Waals surface area contributed by atoms with E-state index in [1.165, 1.54) is 0 Å². The van der Waals surface area contributed by atoms with Gasteiger partial charge in [-0.25, -0.2) is 4.98 Å². The van der Waals surface area contributed by atoms with Gasteiger partial charge in [0.15, 0.2) is 5.82 Å². The van der Waals surface area contributed by atoms with E-state index in [9.17, 15) is 5.11 Å². The van der Waals surface area contributed by atoms with Gasteiger partial charge in [-0.2, -0.15) is 5.10 Å². The molecule has 1 aromatic rings. The Bertz CT molecular complexity index is 310. The molecule has 2 rings (SSSR count). The lowest BCUT2D eigenvalue weighted by molar-refractivity contribution is 0.193. The predicted molar refractivity (Wildman–Crippen MR) is 51.8 cm³/mol. The average molecular weight is 196 g/mol. The fourth-order valence-corrected chi connectivity index (χ4v) is 1.63. The largest absolute Gasteiger partial charge is 0.392 e. The van der Waals surface area contributed by atoms with Crippen LogP contribution in [0.2, 0.25) is 0 Å². The summed E-state index contributed by atoms with van der Waals surface area (Å²) in [4.78, 5) is 4.39. The summed E-state index contributed by atoms with van der Waals surface area (Å²) in [6, 6.07) is 0.130. The number of aliphatic hydroxyl groups is 1. The van der Waals surface area contributed by atoms with E-state index in [0.29, 0.717) is 18.9 Å². The number of aliphatic hydroxyl groups excluding tert-OH is 1. The Hall–Kier alpha value is -0.940. The van der Waals surface area contributed by atoms with Crippen LogP contribution in [0.15, 0.2) is 0 Å². The molecule has 0 amide bonds. The molecule has 5 nitrogen and oxygen atoms in total. The third-order valence-corrected chi connectivity index (χ3v) is 2.47. The van der Waals surface area contributed by atoms with Crippen molar-refractivity contribution in [3.05, 3.63) is 11.6 Å². The summed E-state index contributed by atoms with van der Waals surface area (Å²) in [7, 11) is 0. The van der Waals surface area contributed by atoms with E-state index < -0.39 is 0 Å². The Kier molecular flexibility index (Phi) is 2.52. The minimum atomic E-state index is -0.257. The van der Waals surface area contributed by atoms with Gasteiger partial charge in [0.2, 0.25) is 0 Å². The number of hydrogen-bond acceptors (Lipinski definition) is 4. The average Bonchev–Trinajstić information content (AvgIpc) is 2.70. The van der Waals surface area contributed by atoms with Crippen LogP contribution in [0, 0.1) is 0 Å². The fourth-order valence-electron chi connectivity index (χ4n) is 1.63. The number of aromatic nitrogens is 3. The predicted octanol–water partition coefficient (Wildman–Crippen LogP) is 0.323. The van der Waals surface area contributed by atoms with Gasteiger partial charge in [0.05, 0.1) is 12.1 Å². The van der Waals surface area contributed by atoms with Crippen LogP contribution in [0.5, 0.6) is 0 Å². The maximum absolute atomic E-state index is 9.35. The summed E-state index contributed by atoms with van der Waals surface area (Å²) < 4.78 is 0. The molecule has 78 valence electrons. The highest BCUT2D eigenvalue weighted by molar-refractivity contribution is 5.02. The first kappa shape index (κ1) is 9.61. The SMILES string of the molecule is CC(C)c1n[nH]c([C@@H]2CC(O)CN2)n1. The van der Waals surface area contributed by atoms with E-state index >= 15 is 0 Å². The summed E-state index contributed by atoms with van der Waals surface area (Å²) in [5.74, 6) is 2.01. The van der Waals surface area contributed by atoms with Gasteiger partial charge in [0.25, 0.3) is 0 Å². The highest BCUT2D eigenvalue weighted by Gasteiger charge is 2.26. The van der Waals surface area contributed by atoms with Crippen LogP contribution in [0.4, 0.5) is 0 Å². The van der Waals surface area contributed by atoms with Crippen LogP contribution in [0.3, 0.4) is 0 Å². The number of nitrogens with one attached hydrogen (secondary N) is 2. The zero-order valence-corrected chi connectivity index (χ0v) is 8.49. The second-order valence-electron chi connectivity index (χ2n) is 4.08. The van der Waals surface area contributed by atoms with Crippen molar-refractivity contribution in [3.8, 4) is 0 Å². The molecule has 0 bridgehead atoms. The molecule has 1 fully saturated rings. The molecule has 14 heavy (non-hydrogen) atoms. The fraction of sp³-hybridized carbons (Fsp3) is 0.778. The topological polar surface area (TPSA) is 73.8 Å². The van der Waals surface area contributed by atoms with E-state index in [2.05, 4.69) is 34.3 Å². The minimum absolute atomic E-state index is 0.130. The third-order valence-electron chi connectivity index (χ3n) is 2.47. The van der Waals surface area contributed by atoms with Gasteiger partial charge in [-0.15, -0.1) is 0 Å². The van der Waals surface area contributed by atoms with Crippen LogP contribution in [-0.4, -0.2) is 32.9 Å². The number of β-amino-alcohol motifs (C(OH)–C–C–N with tert-alkyl or cyclic N) is 1. The molecule has 0 radical (unpaired) electrons. The highest BCUT2D eigenvalue weighted by atomic mass is 16.3. The van der Waals surface area contributed by atoms with Gasteiger partial charge < -0.3 is 10.4 Å². The maximum atomic E-state index is 9.35. The quantitative estimate of drug-likeness (QED) is 0.637. The molecule has 1 aromatic heterocycles. The van der Waals surface area contributed by atoms with Crippen molar-refractivity contribution < 1.29 is 5.11 Å². The molecule has 1 saturated heterocycles. The van der Waals surface area contributed by atoms with Gasteiger partial charge >= 0.3 is 0 Å². The van der Waals surface area contributed by atoms with E-state index in [-0.39, 0.29) is 12.1 Å². The third kappa shape index (κ3) is 1.78. The number of nitrogens with zero attached hydrogens (tertiary/aromatic N) is 2. The first-order chi connectivity index (χ1) is 6.66. The van der Waals surface area contributed by atoms with E-state index in [0.717, 1.165) is 11.6 Å². The molecular formula is C9H16N4O. The van der Waals surface area contributed by atoms with Crippen LogP contribution in [0.1, 0.15) is 43.9 Å². The van der Waals surface area contributed by atoms with Crippen molar-refractivity contribution in [1.29, 1.82) is 0 Å². The summed E-state index contributed by atoms with van der Waals surface area (Å²) in [5.41, 5.74) is 0. The van der Waals surface area contributed by atoms with E-state index in [1.54, 1.807) is 0 Å². The standard InChI is InChI=1S/C9H16N4O/c1-5(2)8-11-9(13-12-8)7-3-6(14)4-10-7/h5-7,10,14H,3-4H2,1-2H3,(H,11,12,13)/t6?,7-/m0/s1. The van der Waals surface area contributed by atoms with Gasteiger partial charge in [0.1, 0.15) is 5.82 Å². The molecule has 0 aliphatic carbocycles. The van der Waals surface area contributed by atoms with E-state index in [4.69, 9.17) is 0 Å². The van der Waals surface area contributed by atoms with E-state index in [1.807, 2.05) is 0 Å². The highest BCUT2D eigenvalue weighted by Crippen LogP contribution is 2.21. The van der Waals surface area contributed by atoms with Gasteiger partial charge in [-0.05, 0) is 6.42 Å². The van der Waals surface area contributed by atoms with Crippen LogP contribution in [0.25, 0.3) is 0 Å². The van der Waals surface area contributed by atoms with Gasteiger partial charge in [-0.3, -0.25) is 5.10 Å². The van der Waals surface area contributed by atoms with Crippen LogP contribution < -0.4 is 5.32 Å². The second-order valence-corrected chi connectivity index (χ2v) is 4.08. The monoisotopic (exact) mass is 196 g/mol. The molecule has 2 atom stereocenters. The van der Waals surface area contributed by atoms with Gasteiger partial charge in [-0.1, -0.05) is 13.8 Å². The molecule has 0 saturated carbocycles. The van der Waals surface area contributed by atoms with Crippen molar-refractivity contribution in [2.75, 3.05) is 6.54 Å². The first-order valence-electron chi connectivity index (χ1n) is 5.00. The molecule has 5 heteroatoms. The summed E-state index contributed by atoms with van der Waals surface area (Å²) in [6.45, 7) is 4.76. The van der Waals surface area contributed by atoms with Crippen molar-refractivity contribution in [2.24, 2.45) is 0 Å². The molecule has 2 heterocycles. The summed E-state index contributed by atoms with van der Waals surface area (Å²) >= 11 is 0. The lowest BCUT2D eigenvalue weighted by atomic mass is 10.2. The molecule has 3 N–H and O–H groups in total. The number of aromatic amines is 1. The zero-order chi connectivity index (χ0) is 10.1. The molecule has 0 aromatic carbocycles. The Morgan fingerprint density at radius 1 is 1.50 bits per heavy atom. The van der Waals surface area contributed by atoms with Gasteiger partial charge in [0, 0.05) is 12.5 Å². The second kappa shape index (κ2) is 3.67. The van der Waals surface area contributed by atoms with Crippen molar-refractivity contribution in [2.45, 2.75) is 38.3 Å². The van der Waals surface area contributed by atoms with Crippen molar-refractivity contribution >= 4 is 0 Å². The Morgan fingerprint density at radius 3 is 2.79 bits per heavy atom. The lowest BCUT2D eigenvalue weighted by Crippen LogP contribution is -2.15. The van der Waals surface area contributed by atoms with Crippen molar-refractivity contribution in [1.82, 2.24) is 20.5 Å². The minimum Gasteiger partial charge on any atom is -0.392 e. The number of rotatable bonds is 2. The molecule has 0 spiro atoms. The molecule has 1 unspecified atom stereocenters. The smallest absolute Gasteiger partial charge is 0.153 e. The molecule has 1 aliphatic heterocycles. The van der Waals surface area contributed by atoms with Crippen LogP contribution >= 0.6 is 0 Å². The normalized spacial score (nSPS) is 27.4. The molecular weight excluding hydrogens is 180 g/mol.